The van der Waals surface area contributed by atoms with Crippen LogP contribution in [0.25, 0.3) is 0 Å². The molecule has 2 aromatic rings. The molecule has 0 radical (unpaired) electrons. The second kappa shape index (κ2) is 5.50. The number of carbonyl (C=O) groups excluding carboxylic acids is 1. The Labute approximate surface area is 104 Å². The number of hydrogen-bond acceptors (Lipinski definition) is 3. The van der Waals surface area contributed by atoms with E-state index < -0.39 is 0 Å². The summed E-state index contributed by atoms with van der Waals surface area (Å²) in [6, 6.07) is 7.19. The largest absolute Gasteiger partial charge is 0.451 e. The van der Waals surface area contributed by atoms with E-state index in [9.17, 15) is 4.79 Å². The van der Waals surface area contributed by atoms with Gasteiger partial charge in [-0.3, -0.25) is 4.79 Å². The molecule has 0 aliphatic carbocycles. The average Bonchev–Trinajstić information content (AvgIpc) is 2.83. The van der Waals surface area contributed by atoms with Crippen LogP contribution in [-0.4, -0.2) is 10.9 Å². The van der Waals surface area contributed by atoms with E-state index >= 15 is 0 Å². The average molecular weight is 251 g/mol. The molecule has 2 rings (SSSR count). The van der Waals surface area contributed by atoms with Gasteiger partial charge >= 0.3 is 0 Å². The van der Waals surface area contributed by atoms with Crippen molar-refractivity contribution in [2.75, 3.05) is 0 Å². The van der Waals surface area contributed by atoms with E-state index in [2.05, 4.69) is 10.3 Å². The molecule has 1 aromatic heterocycles. The summed E-state index contributed by atoms with van der Waals surface area (Å²) in [5, 5.41) is 3.42. The van der Waals surface area contributed by atoms with Crippen LogP contribution in [0.3, 0.4) is 0 Å². The lowest BCUT2D eigenvalue weighted by atomic mass is 10.1. The second-order valence-electron chi connectivity index (χ2n) is 3.56. The molecular weight excluding hydrogens is 240 g/mol. The lowest BCUT2D eigenvalue weighted by Gasteiger charge is -2.03. The van der Waals surface area contributed by atoms with Crippen molar-refractivity contribution in [2.45, 2.75) is 13.0 Å². The molecule has 1 aromatic carbocycles. The van der Waals surface area contributed by atoms with Gasteiger partial charge in [0, 0.05) is 5.02 Å². The summed E-state index contributed by atoms with van der Waals surface area (Å²) in [4.78, 5) is 15.5. The highest BCUT2D eigenvalue weighted by Crippen LogP contribution is 2.09. The van der Waals surface area contributed by atoms with Crippen LogP contribution in [0.15, 0.2) is 41.3 Å². The number of amides is 1. The summed E-state index contributed by atoms with van der Waals surface area (Å²) in [6.07, 6.45) is 3.16. The molecule has 1 amide bonds. The van der Waals surface area contributed by atoms with Crippen LogP contribution in [0, 0.1) is 0 Å². The lowest BCUT2D eigenvalue weighted by Crippen LogP contribution is -2.24. The van der Waals surface area contributed by atoms with Gasteiger partial charge in [0.15, 0.2) is 6.39 Å². The Morgan fingerprint density at radius 2 is 2.12 bits per heavy atom. The van der Waals surface area contributed by atoms with Crippen LogP contribution in [-0.2, 0) is 17.8 Å². The fourth-order valence-electron chi connectivity index (χ4n) is 1.36. The third-order valence-electron chi connectivity index (χ3n) is 2.23. The van der Waals surface area contributed by atoms with Gasteiger partial charge < -0.3 is 9.73 Å². The highest BCUT2D eigenvalue weighted by molar-refractivity contribution is 6.30. The molecular formula is C12H11ClN2O2. The summed E-state index contributed by atoms with van der Waals surface area (Å²) in [7, 11) is 0. The highest BCUT2D eigenvalue weighted by atomic mass is 35.5. The molecule has 0 saturated carbocycles. The minimum atomic E-state index is -0.0599. The van der Waals surface area contributed by atoms with Crippen molar-refractivity contribution in [3.05, 3.63) is 53.2 Å². The van der Waals surface area contributed by atoms with Crippen LogP contribution >= 0.6 is 11.6 Å². The molecule has 0 spiro atoms. The monoisotopic (exact) mass is 250 g/mol. The van der Waals surface area contributed by atoms with Crippen LogP contribution in [0.5, 0.6) is 0 Å². The third kappa shape index (κ3) is 3.60. The van der Waals surface area contributed by atoms with Crippen LogP contribution in [0.2, 0.25) is 5.02 Å². The zero-order valence-electron chi connectivity index (χ0n) is 9.02. The van der Waals surface area contributed by atoms with E-state index in [0.29, 0.717) is 23.7 Å². The first-order chi connectivity index (χ1) is 8.24. The molecule has 0 fully saturated rings. The van der Waals surface area contributed by atoms with Gasteiger partial charge in [-0.15, -0.1) is 0 Å². The molecule has 4 nitrogen and oxygen atoms in total. The Morgan fingerprint density at radius 1 is 1.35 bits per heavy atom. The number of aromatic nitrogens is 1. The van der Waals surface area contributed by atoms with Gasteiger partial charge in [0.05, 0.1) is 18.7 Å². The van der Waals surface area contributed by atoms with Gasteiger partial charge in [-0.25, -0.2) is 4.98 Å². The summed E-state index contributed by atoms with van der Waals surface area (Å²) < 4.78 is 4.80. The maximum Gasteiger partial charge on any atom is 0.224 e. The van der Waals surface area contributed by atoms with Crippen LogP contribution in [0.4, 0.5) is 0 Å². The molecule has 0 aliphatic rings. The highest BCUT2D eigenvalue weighted by Gasteiger charge is 2.04. The SMILES string of the molecule is O=C(Cc1ccc(Cl)cc1)NCc1cocn1. The van der Waals surface area contributed by atoms with E-state index in [-0.39, 0.29) is 5.91 Å². The van der Waals surface area contributed by atoms with Crippen LogP contribution in [0.1, 0.15) is 11.3 Å². The van der Waals surface area contributed by atoms with Crippen molar-refractivity contribution in [3.63, 3.8) is 0 Å². The van der Waals surface area contributed by atoms with Crippen molar-refractivity contribution in [3.8, 4) is 0 Å². The molecule has 0 unspecified atom stereocenters. The number of halogens is 1. The molecule has 0 saturated heterocycles. The molecule has 0 aliphatic heterocycles. The van der Waals surface area contributed by atoms with Crippen molar-refractivity contribution in [2.24, 2.45) is 0 Å². The third-order valence-corrected chi connectivity index (χ3v) is 2.48. The Bertz CT molecular complexity index is 480. The van der Waals surface area contributed by atoms with E-state index in [1.165, 1.54) is 12.7 Å². The molecule has 0 bridgehead atoms. The zero-order chi connectivity index (χ0) is 12.1. The number of rotatable bonds is 4. The van der Waals surface area contributed by atoms with Crippen molar-refractivity contribution >= 4 is 17.5 Å². The predicted octanol–water partition coefficient (Wildman–Crippen LogP) is 2.19. The van der Waals surface area contributed by atoms with E-state index in [4.69, 9.17) is 16.0 Å². The first-order valence-corrected chi connectivity index (χ1v) is 5.50. The Morgan fingerprint density at radius 3 is 2.76 bits per heavy atom. The second-order valence-corrected chi connectivity index (χ2v) is 4.00. The first kappa shape index (κ1) is 11.7. The van der Waals surface area contributed by atoms with Crippen LogP contribution < -0.4 is 5.32 Å². The minimum Gasteiger partial charge on any atom is -0.451 e. The van der Waals surface area contributed by atoms with E-state index in [1.54, 1.807) is 12.1 Å². The molecule has 0 atom stereocenters. The summed E-state index contributed by atoms with van der Waals surface area (Å²) in [6.45, 7) is 0.378. The number of hydrogen-bond donors (Lipinski definition) is 1. The molecule has 5 heteroatoms. The van der Waals surface area contributed by atoms with Gasteiger partial charge in [0.1, 0.15) is 6.26 Å². The zero-order valence-corrected chi connectivity index (χ0v) is 9.78. The van der Waals surface area contributed by atoms with E-state index in [1.807, 2.05) is 12.1 Å². The number of nitrogens with zero attached hydrogens (tertiary/aromatic N) is 1. The number of carbonyl (C=O) groups is 1. The van der Waals surface area contributed by atoms with Crippen molar-refractivity contribution in [1.29, 1.82) is 0 Å². The Kier molecular flexibility index (Phi) is 3.77. The summed E-state index contributed by atoms with van der Waals surface area (Å²) in [5.74, 6) is -0.0599. The number of oxazole rings is 1. The lowest BCUT2D eigenvalue weighted by molar-refractivity contribution is -0.120. The Balaban J connectivity index is 1.83. The van der Waals surface area contributed by atoms with Gasteiger partial charge in [-0.05, 0) is 17.7 Å². The van der Waals surface area contributed by atoms with Crippen molar-refractivity contribution in [1.82, 2.24) is 10.3 Å². The quantitative estimate of drug-likeness (QED) is 0.905. The fraction of sp³-hybridized carbons (Fsp3) is 0.167. The standard InChI is InChI=1S/C12H11ClN2O2/c13-10-3-1-9(2-4-10)5-12(16)14-6-11-7-17-8-15-11/h1-4,7-8H,5-6H2,(H,14,16). The first-order valence-electron chi connectivity index (χ1n) is 5.12. The van der Waals surface area contributed by atoms with Gasteiger partial charge in [-0.1, -0.05) is 23.7 Å². The molecule has 17 heavy (non-hydrogen) atoms. The van der Waals surface area contributed by atoms with Gasteiger partial charge in [0.25, 0.3) is 0 Å². The molecule has 1 N–H and O–H groups in total. The smallest absolute Gasteiger partial charge is 0.224 e. The normalized spacial score (nSPS) is 10.2. The molecule has 1 heterocycles. The predicted molar refractivity (Wildman–Crippen MR) is 63.5 cm³/mol. The maximum absolute atomic E-state index is 11.6. The van der Waals surface area contributed by atoms with Gasteiger partial charge in [-0.2, -0.15) is 0 Å². The summed E-state index contributed by atoms with van der Waals surface area (Å²) >= 11 is 5.76. The minimum absolute atomic E-state index is 0.0599. The topological polar surface area (TPSA) is 55.1 Å². The fourth-order valence-corrected chi connectivity index (χ4v) is 1.49. The number of nitrogens with one attached hydrogen (secondary N) is 1. The van der Waals surface area contributed by atoms with Crippen molar-refractivity contribution < 1.29 is 9.21 Å². The van der Waals surface area contributed by atoms with E-state index in [0.717, 1.165) is 5.56 Å². The Hall–Kier alpha value is -1.81. The summed E-state index contributed by atoms with van der Waals surface area (Å²) in [5.41, 5.74) is 1.63. The van der Waals surface area contributed by atoms with Gasteiger partial charge in [0.2, 0.25) is 5.91 Å². The molecule has 88 valence electrons. The number of benzene rings is 1. The maximum atomic E-state index is 11.6.